The molecule has 9 aliphatic rings. The maximum Gasteiger partial charge on any atom is 0.0710 e. The molecule has 0 aromatic rings. The summed E-state index contributed by atoms with van der Waals surface area (Å²) >= 11 is 0. The Bertz CT molecular complexity index is 3040. The Morgan fingerprint density at radius 3 is 0.525 bits per heavy atom. The van der Waals surface area contributed by atoms with Crippen LogP contribution in [0.1, 0.15) is 306 Å². The number of rotatable bonds is 12. The van der Waals surface area contributed by atoms with Gasteiger partial charge < -0.3 is 14.2 Å². The molecule has 0 aromatic heterocycles. The van der Waals surface area contributed by atoms with Crippen molar-refractivity contribution in [2.75, 3.05) is 178 Å². The fourth-order valence-electron chi connectivity index (χ4n) is 14.0. The molecule has 684 valence electrons. The van der Waals surface area contributed by atoms with Gasteiger partial charge in [0.2, 0.25) is 0 Å². The summed E-state index contributed by atoms with van der Waals surface area (Å²) in [7, 11) is 5.36. The molecule has 0 spiro atoms. The average Bonchev–Trinajstić information content (AvgIpc) is 1.88. The first kappa shape index (κ1) is 114. The van der Waals surface area contributed by atoms with Gasteiger partial charge in [0.1, 0.15) is 0 Å². The zero-order valence-corrected chi connectivity index (χ0v) is 85.4. The van der Waals surface area contributed by atoms with Gasteiger partial charge >= 0.3 is 0 Å². The molecular formula is C108H189N9O3. The third-order valence-corrected chi connectivity index (χ3v) is 20.8. The van der Waals surface area contributed by atoms with E-state index in [1.165, 1.54) is 136 Å². The number of ether oxygens (including phenoxy) is 3. The zero-order chi connectivity index (χ0) is 91.2. The molecular weight excluding hydrogens is 1470 g/mol. The van der Waals surface area contributed by atoms with Crippen LogP contribution in [0, 0.1) is 173 Å². The molecule has 9 heterocycles. The van der Waals surface area contributed by atoms with Gasteiger partial charge in [0.15, 0.2) is 0 Å². The lowest BCUT2D eigenvalue weighted by atomic mass is 9.97. The van der Waals surface area contributed by atoms with Crippen molar-refractivity contribution >= 4 is 0 Å². The number of hydrogen-bond donors (Lipinski definition) is 0. The largest absolute Gasteiger partial charge is 0.380 e. The fourth-order valence-corrected chi connectivity index (χ4v) is 14.0. The zero-order valence-electron chi connectivity index (χ0n) is 85.4. The summed E-state index contributed by atoms with van der Waals surface area (Å²) in [5.41, 5.74) is 1.29. The summed E-state index contributed by atoms with van der Waals surface area (Å²) in [5, 5.41) is 0. The molecule has 9 aliphatic heterocycles. The predicted octanol–water partition coefficient (Wildman–Crippen LogP) is 20.0. The summed E-state index contributed by atoms with van der Waals surface area (Å²) in [4.78, 5) is 21.8. The first-order valence-corrected chi connectivity index (χ1v) is 47.1. The molecule has 0 aliphatic carbocycles. The Balaban J connectivity index is 0.000000675. The first-order valence-electron chi connectivity index (χ1n) is 47.1. The second-order valence-electron chi connectivity index (χ2n) is 45.2. The minimum atomic E-state index is 0.125. The van der Waals surface area contributed by atoms with Crippen molar-refractivity contribution in [2.24, 2.45) is 66.5 Å². The third-order valence-electron chi connectivity index (χ3n) is 20.8. The summed E-state index contributed by atoms with van der Waals surface area (Å²) < 4.78 is 15.9. The summed E-state index contributed by atoms with van der Waals surface area (Å²) in [5.74, 6) is 61.6. The number of nitrogens with zero attached hydrogens (tertiary/aromatic N) is 9. The summed E-state index contributed by atoms with van der Waals surface area (Å²) in [6, 6.07) is 1.34. The highest BCUT2D eigenvalue weighted by molar-refractivity contribution is 5.17. The lowest BCUT2D eigenvalue weighted by Gasteiger charge is -2.19. The highest BCUT2D eigenvalue weighted by Gasteiger charge is 2.26. The Morgan fingerprint density at radius 2 is 0.392 bits per heavy atom. The van der Waals surface area contributed by atoms with Crippen LogP contribution in [0.5, 0.6) is 0 Å². The van der Waals surface area contributed by atoms with E-state index in [-0.39, 0.29) is 48.7 Å². The lowest BCUT2D eigenvalue weighted by Crippen LogP contribution is -2.28. The van der Waals surface area contributed by atoms with E-state index >= 15 is 0 Å². The molecule has 9 atom stereocenters. The summed E-state index contributed by atoms with van der Waals surface area (Å²) in [6.45, 7) is 98.6. The second kappa shape index (κ2) is 57.3. The molecule has 9 saturated heterocycles. The van der Waals surface area contributed by atoms with Crippen LogP contribution in [0.15, 0.2) is 0 Å². The molecule has 0 N–H and O–H groups in total. The van der Waals surface area contributed by atoms with Crippen LogP contribution in [-0.4, -0.2) is 259 Å². The Labute approximate surface area is 747 Å². The van der Waals surface area contributed by atoms with E-state index in [4.69, 9.17) is 14.2 Å². The van der Waals surface area contributed by atoms with Gasteiger partial charge in [-0.3, -0.25) is 44.1 Å². The van der Waals surface area contributed by atoms with Crippen LogP contribution in [0.3, 0.4) is 0 Å². The van der Waals surface area contributed by atoms with Crippen molar-refractivity contribution in [2.45, 2.75) is 342 Å². The van der Waals surface area contributed by atoms with Gasteiger partial charge in [-0.1, -0.05) is 127 Å². The molecule has 3 unspecified atom stereocenters. The lowest BCUT2D eigenvalue weighted by molar-refractivity contribution is 0.109. The van der Waals surface area contributed by atoms with E-state index in [1.807, 2.05) is 0 Å². The van der Waals surface area contributed by atoms with Crippen molar-refractivity contribution in [1.82, 2.24) is 44.1 Å². The number of likely N-dealkylation sites (tertiary alicyclic amines) is 9. The Kier molecular flexibility index (Phi) is 54.2. The molecule has 0 amide bonds. The van der Waals surface area contributed by atoms with Crippen molar-refractivity contribution in [3.63, 3.8) is 0 Å². The Hall–Kier alpha value is -4.44. The van der Waals surface area contributed by atoms with Gasteiger partial charge in [0.25, 0.3) is 0 Å². The van der Waals surface area contributed by atoms with E-state index in [2.05, 4.69) is 379 Å². The van der Waals surface area contributed by atoms with E-state index < -0.39 is 0 Å². The molecule has 9 rings (SSSR count). The first-order chi connectivity index (χ1) is 55.4. The van der Waals surface area contributed by atoms with E-state index in [0.29, 0.717) is 36.4 Å². The van der Waals surface area contributed by atoms with Crippen LogP contribution in [-0.2, 0) is 14.2 Å². The molecule has 12 nitrogen and oxygen atoms in total. The minimum absolute atomic E-state index is 0.125. The monoisotopic (exact) mass is 1660 g/mol. The van der Waals surface area contributed by atoms with Crippen LogP contribution in [0.4, 0.5) is 0 Å². The third kappa shape index (κ3) is 65.2. The predicted molar refractivity (Wildman–Crippen MR) is 522 cm³/mol. The fraction of sp³-hybridized carbons (Fsp3) is 0.833. The van der Waals surface area contributed by atoms with Crippen molar-refractivity contribution in [3.8, 4) is 107 Å². The van der Waals surface area contributed by atoms with Gasteiger partial charge in [-0.25, -0.2) is 0 Å². The van der Waals surface area contributed by atoms with Crippen LogP contribution in [0.2, 0.25) is 0 Å². The normalized spacial score (nSPS) is 22.8. The van der Waals surface area contributed by atoms with E-state index in [1.54, 1.807) is 21.3 Å². The molecule has 0 bridgehead atoms. The van der Waals surface area contributed by atoms with Crippen molar-refractivity contribution in [3.05, 3.63) is 0 Å². The number of hydrogen-bond acceptors (Lipinski definition) is 12. The highest BCUT2D eigenvalue weighted by atomic mass is 16.5. The quantitative estimate of drug-likeness (QED) is 0.175. The Morgan fingerprint density at radius 1 is 0.233 bits per heavy atom. The number of methoxy groups -OCH3 is 3. The summed E-state index contributed by atoms with van der Waals surface area (Å²) in [6.07, 6.45) is 16.8. The maximum absolute atomic E-state index is 5.30. The maximum atomic E-state index is 5.30. The van der Waals surface area contributed by atoms with Crippen LogP contribution >= 0.6 is 0 Å². The van der Waals surface area contributed by atoms with Gasteiger partial charge in [-0.2, -0.15) is 0 Å². The standard InChI is InChI=1S/3C12H21NO.6C12H21N/c3*1-12(2,3)7-5-8-13-9-6-11(10-13)14-4;3*1-11-6-9-13(10-11)8-5-7-12(2,3)4;3*1-11(7-8-12(2,3)4)13-9-5-6-10-13/h3*11H,6,8-10H2,1-4H3;3*11H,6,8-10H2,1-4H3;3*11H,5-6,9-10H2,1-4H3/t2*11-;;2*11-;;2*11-;/m10.10.10./s1. The highest BCUT2D eigenvalue weighted by Crippen LogP contribution is 2.23. The van der Waals surface area contributed by atoms with Crippen LogP contribution < -0.4 is 0 Å². The van der Waals surface area contributed by atoms with Gasteiger partial charge in [0.05, 0.1) is 75.7 Å². The van der Waals surface area contributed by atoms with Gasteiger partial charge in [-0.15, -0.1) is 0 Å². The van der Waals surface area contributed by atoms with Crippen molar-refractivity contribution in [1.29, 1.82) is 0 Å². The topological polar surface area (TPSA) is 56.9 Å². The van der Waals surface area contributed by atoms with Crippen molar-refractivity contribution < 1.29 is 14.2 Å². The second-order valence-corrected chi connectivity index (χ2v) is 45.2. The van der Waals surface area contributed by atoms with Gasteiger partial charge in [-0.05, 0) is 361 Å². The van der Waals surface area contributed by atoms with E-state index in [9.17, 15) is 0 Å². The molecule has 0 radical (unpaired) electrons. The molecule has 120 heavy (non-hydrogen) atoms. The van der Waals surface area contributed by atoms with E-state index in [0.717, 1.165) is 116 Å². The average molecular weight is 1660 g/mol. The van der Waals surface area contributed by atoms with Gasteiger partial charge in [0, 0.05) is 129 Å². The molecule has 0 aromatic carbocycles. The minimum Gasteiger partial charge on any atom is -0.380 e. The van der Waals surface area contributed by atoms with Crippen LogP contribution in [0.25, 0.3) is 0 Å². The SMILES string of the molecule is CC(C#CC(C)(C)C)N1CCCC1.CC1CCN(CC#CC(C)(C)C)C1.COC1CCN(CC#CC(C)(C)C)C1.CO[C@@H]1CCN(CC#CC(C)(C)C)C1.CO[C@H]1CCN(CC#CC(C)(C)C)C1.C[C@@H](C#CC(C)(C)C)N1CCCC1.C[C@@H]1CCN(CC#CC(C)(C)C)C1.C[C@H](C#CC(C)(C)C)N1CCCC1.C[C@H]1CCN(CC#CC(C)(C)C)C1. The smallest absolute Gasteiger partial charge is 0.0710 e. The molecule has 0 saturated carbocycles. The molecule has 12 heteroatoms. The molecule has 9 fully saturated rings.